The van der Waals surface area contributed by atoms with Gasteiger partial charge in [-0.1, -0.05) is 35.0 Å². The molecule has 0 aliphatic rings. The van der Waals surface area contributed by atoms with E-state index in [-0.39, 0.29) is 11.7 Å². The van der Waals surface area contributed by atoms with Crippen molar-refractivity contribution >= 4 is 21.7 Å². The van der Waals surface area contributed by atoms with Crippen LogP contribution in [0.3, 0.4) is 0 Å². The van der Waals surface area contributed by atoms with Crippen LogP contribution in [0.15, 0.2) is 28.7 Å². The molecule has 1 unspecified atom stereocenters. The number of hydrogen-bond donors (Lipinski definition) is 0. The molecule has 1 nitrogen and oxygen atoms in total. The number of carbonyl (C=O) groups excluding carboxylic acids is 1. The minimum atomic E-state index is 0.0532. The number of halogens is 1. The topological polar surface area (TPSA) is 17.1 Å². The van der Waals surface area contributed by atoms with E-state index in [1.54, 1.807) is 6.92 Å². The molecule has 0 amide bonds. The van der Waals surface area contributed by atoms with E-state index in [1.165, 1.54) is 0 Å². The smallest absolute Gasteiger partial charge is 0.137 e. The first kappa shape index (κ1) is 10.5. The molecule has 13 heavy (non-hydrogen) atoms. The third-order valence-electron chi connectivity index (χ3n) is 2.15. The second kappa shape index (κ2) is 4.56. The largest absolute Gasteiger partial charge is 0.299 e. The Hall–Kier alpha value is -0.630. The summed E-state index contributed by atoms with van der Waals surface area (Å²) < 4.78 is 1.03. The molecule has 0 saturated carbocycles. The molecule has 1 rings (SSSR count). The lowest BCUT2D eigenvalue weighted by atomic mass is 9.93. The Labute approximate surface area is 87.3 Å². The summed E-state index contributed by atoms with van der Waals surface area (Å²) in [5, 5.41) is 0. The van der Waals surface area contributed by atoms with Crippen LogP contribution in [-0.2, 0) is 4.79 Å². The Morgan fingerprint density at radius 1 is 1.54 bits per heavy atom. The van der Waals surface area contributed by atoms with E-state index in [4.69, 9.17) is 0 Å². The summed E-state index contributed by atoms with van der Waals surface area (Å²) in [6.45, 7) is 3.68. The van der Waals surface area contributed by atoms with Crippen LogP contribution in [0.2, 0.25) is 0 Å². The fraction of sp³-hybridized carbons (Fsp3) is 0.364. The molecule has 1 aromatic rings. The van der Waals surface area contributed by atoms with Crippen molar-refractivity contribution in [2.75, 3.05) is 0 Å². The fourth-order valence-electron chi connectivity index (χ4n) is 1.48. The first-order valence-electron chi connectivity index (χ1n) is 4.41. The van der Waals surface area contributed by atoms with Crippen LogP contribution in [0.25, 0.3) is 0 Å². The summed E-state index contributed by atoms with van der Waals surface area (Å²) in [5.41, 5.74) is 1.10. The molecule has 0 saturated heterocycles. The van der Waals surface area contributed by atoms with Crippen LogP contribution in [0.4, 0.5) is 0 Å². The maximum atomic E-state index is 11.3. The molecule has 70 valence electrons. The molecule has 0 fully saturated rings. The highest BCUT2D eigenvalue weighted by Crippen LogP contribution is 2.23. The summed E-state index contributed by atoms with van der Waals surface area (Å²) in [6, 6.07) is 7.94. The molecule has 0 spiro atoms. The van der Waals surface area contributed by atoms with Gasteiger partial charge >= 0.3 is 0 Å². The number of ketones is 1. The van der Waals surface area contributed by atoms with Gasteiger partial charge in [0.15, 0.2) is 0 Å². The van der Waals surface area contributed by atoms with Crippen LogP contribution in [0.5, 0.6) is 0 Å². The van der Waals surface area contributed by atoms with Gasteiger partial charge in [-0.2, -0.15) is 0 Å². The van der Waals surface area contributed by atoms with Crippen molar-refractivity contribution in [3.8, 4) is 0 Å². The predicted octanol–water partition coefficient (Wildman–Crippen LogP) is 3.53. The lowest BCUT2D eigenvalue weighted by Crippen LogP contribution is -2.07. The maximum Gasteiger partial charge on any atom is 0.137 e. The highest BCUT2D eigenvalue weighted by molar-refractivity contribution is 9.10. The highest BCUT2D eigenvalue weighted by Gasteiger charge is 2.13. The summed E-state index contributed by atoms with van der Waals surface area (Å²) in [6.07, 6.45) is 0.867. The van der Waals surface area contributed by atoms with E-state index in [0.717, 1.165) is 16.5 Å². The number of benzene rings is 1. The van der Waals surface area contributed by atoms with Gasteiger partial charge in [0.1, 0.15) is 5.78 Å². The van der Waals surface area contributed by atoms with Crippen molar-refractivity contribution in [3.63, 3.8) is 0 Å². The maximum absolute atomic E-state index is 11.3. The Kier molecular flexibility index (Phi) is 3.67. The van der Waals surface area contributed by atoms with Gasteiger partial charge in [-0.25, -0.2) is 0 Å². The number of rotatable bonds is 3. The molecule has 0 radical (unpaired) electrons. The summed E-state index contributed by atoms with van der Waals surface area (Å²) in [7, 11) is 0. The zero-order valence-electron chi connectivity index (χ0n) is 7.88. The monoisotopic (exact) mass is 240 g/mol. The molecule has 0 bridgehead atoms. The van der Waals surface area contributed by atoms with Gasteiger partial charge in [0.05, 0.1) is 0 Å². The Bertz CT molecular complexity index is 307. The second-order valence-corrected chi connectivity index (χ2v) is 4.04. The van der Waals surface area contributed by atoms with Gasteiger partial charge in [0.2, 0.25) is 0 Å². The summed E-state index contributed by atoms with van der Waals surface area (Å²) in [4.78, 5) is 11.3. The van der Waals surface area contributed by atoms with Crippen molar-refractivity contribution < 1.29 is 4.79 Å². The quantitative estimate of drug-likeness (QED) is 0.791. The molecule has 1 aromatic carbocycles. The summed E-state index contributed by atoms with van der Waals surface area (Å²) >= 11 is 3.40. The van der Waals surface area contributed by atoms with E-state index in [1.807, 2.05) is 31.2 Å². The number of Topliss-reactive ketones (excluding diaryl/α,β-unsaturated/α-hetero) is 1. The van der Waals surface area contributed by atoms with Crippen molar-refractivity contribution in [2.45, 2.75) is 26.2 Å². The fourth-order valence-corrected chi connectivity index (χ4v) is 1.90. The van der Waals surface area contributed by atoms with Gasteiger partial charge in [-0.3, -0.25) is 4.79 Å². The molecule has 1 atom stereocenters. The lowest BCUT2D eigenvalue weighted by Gasteiger charge is -2.11. The first-order chi connectivity index (χ1) is 6.15. The summed E-state index contributed by atoms with van der Waals surface area (Å²) in [5.74, 6) is 0.290. The van der Waals surface area contributed by atoms with E-state index >= 15 is 0 Å². The van der Waals surface area contributed by atoms with Crippen LogP contribution in [-0.4, -0.2) is 5.78 Å². The minimum Gasteiger partial charge on any atom is -0.299 e. The molecule has 0 heterocycles. The molecule has 0 N–H and O–H groups in total. The van der Waals surface area contributed by atoms with Crippen LogP contribution in [0, 0.1) is 0 Å². The van der Waals surface area contributed by atoms with Crippen LogP contribution >= 0.6 is 15.9 Å². The van der Waals surface area contributed by atoms with Crippen LogP contribution < -0.4 is 0 Å². The third kappa shape index (κ3) is 2.66. The van der Waals surface area contributed by atoms with Crippen molar-refractivity contribution in [3.05, 3.63) is 34.3 Å². The van der Waals surface area contributed by atoms with E-state index < -0.39 is 0 Å². The van der Waals surface area contributed by atoms with Gasteiger partial charge in [0, 0.05) is 10.4 Å². The Morgan fingerprint density at radius 3 is 2.69 bits per heavy atom. The van der Waals surface area contributed by atoms with Crippen LogP contribution in [0.1, 0.15) is 31.7 Å². The normalized spacial score (nSPS) is 12.5. The number of carbonyl (C=O) groups is 1. The van der Waals surface area contributed by atoms with Crippen molar-refractivity contribution in [1.29, 1.82) is 0 Å². The number of hydrogen-bond acceptors (Lipinski definition) is 1. The highest BCUT2D eigenvalue weighted by atomic mass is 79.9. The van der Waals surface area contributed by atoms with Gasteiger partial charge < -0.3 is 0 Å². The van der Waals surface area contributed by atoms with Gasteiger partial charge in [-0.05, 0) is 31.0 Å². The van der Waals surface area contributed by atoms with E-state index in [9.17, 15) is 4.79 Å². The van der Waals surface area contributed by atoms with Crippen molar-refractivity contribution in [1.82, 2.24) is 0 Å². The SMILES string of the molecule is CCC(C(C)=O)c1cccc(Br)c1. The average Bonchev–Trinajstić information content (AvgIpc) is 2.04. The van der Waals surface area contributed by atoms with E-state index in [2.05, 4.69) is 15.9 Å². The molecular weight excluding hydrogens is 228 g/mol. The molecule has 2 heteroatoms. The Balaban J connectivity index is 2.98. The predicted molar refractivity (Wildman–Crippen MR) is 57.9 cm³/mol. The molecule has 0 aliphatic carbocycles. The molecule has 0 aliphatic heterocycles. The third-order valence-corrected chi connectivity index (χ3v) is 2.64. The average molecular weight is 241 g/mol. The standard InChI is InChI=1S/C11H13BrO/c1-3-11(8(2)13)9-5-4-6-10(12)7-9/h4-7,11H,3H2,1-2H3. The second-order valence-electron chi connectivity index (χ2n) is 3.13. The molecule has 0 aromatic heterocycles. The lowest BCUT2D eigenvalue weighted by molar-refractivity contribution is -0.118. The zero-order chi connectivity index (χ0) is 9.84. The van der Waals surface area contributed by atoms with Crippen molar-refractivity contribution in [2.24, 2.45) is 0 Å². The Morgan fingerprint density at radius 2 is 2.23 bits per heavy atom. The zero-order valence-corrected chi connectivity index (χ0v) is 9.47. The molecular formula is C11H13BrO. The first-order valence-corrected chi connectivity index (χ1v) is 5.20. The van der Waals surface area contributed by atoms with E-state index in [0.29, 0.717) is 0 Å². The van der Waals surface area contributed by atoms with Gasteiger partial charge in [-0.15, -0.1) is 0 Å². The minimum absolute atomic E-state index is 0.0532. The van der Waals surface area contributed by atoms with Gasteiger partial charge in [0.25, 0.3) is 0 Å².